The van der Waals surface area contributed by atoms with Crippen molar-refractivity contribution < 1.29 is 4.39 Å². The van der Waals surface area contributed by atoms with Crippen LogP contribution >= 0.6 is 15.9 Å². The normalized spacial score (nSPS) is 12.4. The highest BCUT2D eigenvalue weighted by Crippen LogP contribution is 2.26. The lowest BCUT2D eigenvalue weighted by atomic mass is 9.98. The molecule has 0 saturated carbocycles. The fourth-order valence-electron chi connectivity index (χ4n) is 1.93. The molecular formula is C14H14BrFN2. The smallest absolute Gasteiger partial charge is 0.137 e. The Morgan fingerprint density at radius 1 is 1.17 bits per heavy atom. The number of hydrogen-bond acceptors (Lipinski definition) is 2. The van der Waals surface area contributed by atoms with Crippen molar-refractivity contribution in [3.8, 4) is 0 Å². The fourth-order valence-corrected chi connectivity index (χ4v) is 2.32. The van der Waals surface area contributed by atoms with E-state index >= 15 is 0 Å². The third kappa shape index (κ3) is 2.77. The molecule has 2 aromatic carbocycles. The van der Waals surface area contributed by atoms with Crippen molar-refractivity contribution in [3.63, 3.8) is 0 Å². The lowest BCUT2D eigenvalue weighted by molar-refractivity contribution is 0.610. The third-order valence-electron chi connectivity index (χ3n) is 2.82. The van der Waals surface area contributed by atoms with Gasteiger partial charge in [0.1, 0.15) is 5.82 Å². The summed E-state index contributed by atoms with van der Waals surface area (Å²) in [6, 6.07) is 12.8. The molecule has 0 saturated heterocycles. The van der Waals surface area contributed by atoms with Crippen LogP contribution in [0.1, 0.15) is 22.7 Å². The van der Waals surface area contributed by atoms with Crippen LogP contribution in [0, 0.1) is 12.7 Å². The summed E-state index contributed by atoms with van der Waals surface area (Å²) in [5.74, 6) is 5.34. The first-order chi connectivity index (χ1) is 8.61. The Bertz CT molecular complexity index is 557. The summed E-state index contributed by atoms with van der Waals surface area (Å²) in [6.07, 6.45) is 0. The van der Waals surface area contributed by atoms with Crippen LogP contribution in [0.2, 0.25) is 0 Å². The lowest BCUT2D eigenvalue weighted by Gasteiger charge is -2.17. The van der Waals surface area contributed by atoms with Crippen molar-refractivity contribution in [2.75, 3.05) is 0 Å². The molecule has 2 rings (SSSR count). The van der Waals surface area contributed by atoms with Crippen LogP contribution in [0.4, 0.5) is 4.39 Å². The predicted molar refractivity (Wildman–Crippen MR) is 74.4 cm³/mol. The number of rotatable bonds is 3. The summed E-state index contributed by atoms with van der Waals surface area (Å²) in [4.78, 5) is 0. The van der Waals surface area contributed by atoms with E-state index in [-0.39, 0.29) is 11.9 Å². The maximum absolute atomic E-state index is 13.2. The van der Waals surface area contributed by atoms with Gasteiger partial charge < -0.3 is 0 Å². The van der Waals surface area contributed by atoms with Crippen molar-refractivity contribution in [2.24, 2.45) is 5.84 Å². The zero-order chi connectivity index (χ0) is 13.1. The fraction of sp³-hybridized carbons (Fsp3) is 0.143. The van der Waals surface area contributed by atoms with Gasteiger partial charge in [0.15, 0.2) is 0 Å². The zero-order valence-corrected chi connectivity index (χ0v) is 11.5. The highest BCUT2D eigenvalue weighted by atomic mass is 79.9. The molecular weight excluding hydrogens is 295 g/mol. The Morgan fingerprint density at radius 2 is 1.89 bits per heavy atom. The second-order valence-corrected chi connectivity index (χ2v) is 5.04. The van der Waals surface area contributed by atoms with Crippen molar-refractivity contribution in [3.05, 3.63) is 69.4 Å². The van der Waals surface area contributed by atoms with Gasteiger partial charge in [-0.25, -0.2) is 9.82 Å². The van der Waals surface area contributed by atoms with Crippen LogP contribution in [0.25, 0.3) is 0 Å². The number of nitrogens with one attached hydrogen (secondary N) is 1. The molecule has 0 amide bonds. The summed E-state index contributed by atoms with van der Waals surface area (Å²) < 4.78 is 13.7. The number of halogens is 2. The van der Waals surface area contributed by atoms with Gasteiger partial charge >= 0.3 is 0 Å². The van der Waals surface area contributed by atoms with E-state index < -0.39 is 0 Å². The highest BCUT2D eigenvalue weighted by Gasteiger charge is 2.13. The van der Waals surface area contributed by atoms with E-state index in [2.05, 4.69) is 27.4 Å². The van der Waals surface area contributed by atoms with E-state index in [9.17, 15) is 4.39 Å². The molecule has 94 valence electrons. The first-order valence-electron chi connectivity index (χ1n) is 5.59. The van der Waals surface area contributed by atoms with E-state index in [1.165, 1.54) is 6.07 Å². The first-order valence-corrected chi connectivity index (χ1v) is 6.39. The van der Waals surface area contributed by atoms with Gasteiger partial charge in [-0.1, -0.05) is 35.9 Å². The van der Waals surface area contributed by atoms with Crippen LogP contribution in [0.15, 0.2) is 46.9 Å². The minimum atomic E-state index is -0.279. The number of nitrogens with two attached hydrogens (primary N) is 1. The molecule has 0 bridgehead atoms. The van der Waals surface area contributed by atoms with Gasteiger partial charge in [-0.3, -0.25) is 5.84 Å². The molecule has 3 N–H and O–H groups in total. The minimum Gasteiger partial charge on any atom is -0.271 e. The molecule has 18 heavy (non-hydrogen) atoms. The number of hydrogen-bond donors (Lipinski definition) is 2. The first kappa shape index (κ1) is 13.2. The van der Waals surface area contributed by atoms with E-state index in [0.717, 1.165) is 16.7 Å². The maximum atomic E-state index is 13.2. The molecule has 1 unspecified atom stereocenters. The summed E-state index contributed by atoms with van der Waals surface area (Å²) in [7, 11) is 0. The zero-order valence-electron chi connectivity index (χ0n) is 9.95. The van der Waals surface area contributed by atoms with Crippen molar-refractivity contribution >= 4 is 15.9 Å². The molecule has 0 radical (unpaired) electrons. The summed E-state index contributed by atoms with van der Waals surface area (Å²) >= 11 is 3.19. The highest BCUT2D eigenvalue weighted by molar-refractivity contribution is 9.10. The monoisotopic (exact) mass is 308 g/mol. The number of benzene rings is 2. The Hall–Kier alpha value is -1.23. The van der Waals surface area contributed by atoms with Crippen LogP contribution in [0.3, 0.4) is 0 Å². The van der Waals surface area contributed by atoms with Crippen LogP contribution in [-0.4, -0.2) is 0 Å². The molecule has 0 aliphatic rings. The molecule has 0 aliphatic carbocycles. The molecule has 0 aliphatic heterocycles. The average molecular weight is 309 g/mol. The molecule has 0 aromatic heterocycles. The van der Waals surface area contributed by atoms with Gasteiger partial charge in [-0.2, -0.15) is 0 Å². The van der Waals surface area contributed by atoms with Gasteiger partial charge in [-0.15, -0.1) is 0 Å². The lowest BCUT2D eigenvalue weighted by Crippen LogP contribution is -2.28. The minimum absolute atomic E-state index is 0.151. The van der Waals surface area contributed by atoms with Crippen molar-refractivity contribution in [2.45, 2.75) is 13.0 Å². The summed E-state index contributed by atoms with van der Waals surface area (Å²) in [5, 5.41) is 0. The van der Waals surface area contributed by atoms with Gasteiger partial charge in [-0.05, 0) is 46.1 Å². The molecule has 0 spiro atoms. The SMILES string of the molecule is Cc1cccc(C(NN)c2ccc(F)c(Br)c2)c1. The van der Waals surface area contributed by atoms with Gasteiger partial charge in [0.25, 0.3) is 0 Å². The number of hydrazine groups is 1. The van der Waals surface area contributed by atoms with Gasteiger partial charge in [0.05, 0.1) is 10.5 Å². The van der Waals surface area contributed by atoms with Gasteiger partial charge in [0.2, 0.25) is 0 Å². The van der Waals surface area contributed by atoms with Crippen LogP contribution in [-0.2, 0) is 0 Å². The average Bonchev–Trinajstić information content (AvgIpc) is 2.35. The predicted octanol–water partition coefficient (Wildman–Crippen LogP) is 3.45. The molecule has 4 heteroatoms. The maximum Gasteiger partial charge on any atom is 0.137 e. The van der Waals surface area contributed by atoms with E-state index in [1.807, 2.05) is 25.1 Å². The second kappa shape index (κ2) is 5.61. The molecule has 2 nitrogen and oxygen atoms in total. The molecule has 0 fully saturated rings. The Labute approximate surface area is 114 Å². The summed E-state index contributed by atoms with van der Waals surface area (Å²) in [6.45, 7) is 2.03. The molecule has 0 heterocycles. The van der Waals surface area contributed by atoms with E-state index in [0.29, 0.717) is 4.47 Å². The topological polar surface area (TPSA) is 38.0 Å². The summed E-state index contributed by atoms with van der Waals surface area (Å²) in [5.41, 5.74) is 5.89. The van der Waals surface area contributed by atoms with Crippen LogP contribution in [0.5, 0.6) is 0 Å². The van der Waals surface area contributed by atoms with Crippen molar-refractivity contribution in [1.29, 1.82) is 0 Å². The molecule has 1 atom stereocenters. The van der Waals surface area contributed by atoms with E-state index in [4.69, 9.17) is 5.84 Å². The van der Waals surface area contributed by atoms with E-state index in [1.54, 1.807) is 12.1 Å². The third-order valence-corrected chi connectivity index (χ3v) is 3.43. The standard InChI is InChI=1S/C14H14BrFN2/c1-9-3-2-4-10(7-9)14(18-17)11-5-6-13(16)12(15)8-11/h2-8,14,18H,17H2,1H3. The van der Waals surface area contributed by atoms with Crippen molar-refractivity contribution in [1.82, 2.24) is 5.43 Å². The Balaban J connectivity index is 2.42. The Morgan fingerprint density at radius 3 is 2.50 bits per heavy atom. The molecule has 2 aromatic rings. The Kier molecular flexibility index (Phi) is 4.11. The van der Waals surface area contributed by atoms with Crippen LogP contribution < -0.4 is 11.3 Å². The van der Waals surface area contributed by atoms with Gasteiger partial charge in [0, 0.05) is 0 Å². The second-order valence-electron chi connectivity index (χ2n) is 4.19. The largest absolute Gasteiger partial charge is 0.271 e. The number of aryl methyl sites for hydroxylation is 1. The quantitative estimate of drug-likeness (QED) is 0.673.